The Morgan fingerprint density at radius 2 is 1.91 bits per heavy atom. The van der Waals surface area contributed by atoms with Crippen molar-refractivity contribution in [3.05, 3.63) is 59.5 Å². The number of ether oxygens (including phenoxy) is 2. The normalized spacial score (nSPS) is 17.5. The summed E-state index contributed by atoms with van der Waals surface area (Å²) < 4.78 is 30.8. The van der Waals surface area contributed by atoms with E-state index in [0.29, 0.717) is 24.2 Å². The molecule has 5 rings (SSSR count). The van der Waals surface area contributed by atoms with Crippen LogP contribution >= 0.6 is 0 Å². The highest BCUT2D eigenvalue weighted by molar-refractivity contribution is 5.73. The molecule has 0 unspecified atom stereocenters. The molecule has 4 aromatic rings. The van der Waals surface area contributed by atoms with Gasteiger partial charge in [-0.05, 0) is 62.1 Å². The molecule has 0 saturated heterocycles. The van der Waals surface area contributed by atoms with Crippen LogP contribution in [0.2, 0.25) is 0 Å². The van der Waals surface area contributed by atoms with Crippen LogP contribution in [0.4, 0.5) is 4.39 Å². The number of carbonyl (C=O) groups is 1. The third-order valence-corrected chi connectivity index (χ3v) is 5.57. The average Bonchev–Trinajstić information content (AvgIpc) is 3.15. The highest BCUT2D eigenvalue weighted by atomic mass is 19.1. The van der Waals surface area contributed by atoms with Gasteiger partial charge in [0.15, 0.2) is 0 Å². The number of fused-ring (bicyclic) bond motifs is 1. The van der Waals surface area contributed by atoms with Crippen LogP contribution in [0.1, 0.15) is 24.0 Å². The number of carboxylic acid groups (broad SMARTS) is 1. The molecule has 1 aliphatic rings. The maximum absolute atomic E-state index is 13.4. The fourth-order valence-corrected chi connectivity index (χ4v) is 3.82. The molecule has 0 aliphatic heterocycles. The van der Waals surface area contributed by atoms with Crippen molar-refractivity contribution in [2.75, 3.05) is 0 Å². The Balaban J connectivity index is 1.37. The molecule has 0 spiro atoms. The van der Waals surface area contributed by atoms with Gasteiger partial charge >= 0.3 is 12.0 Å². The SMILES string of the molecule is Cc1cc(-c2nc3cnc(Oc4cccc(F)c4)nc3o2)cc(C)c1OC1CC(C(=O)O)C1. The van der Waals surface area contributed by atoms with Crippen LogP contribution in [0.3, 0.4) is 0 Å². The van der Waals surface area contributed by atoms with Crippen LogP contribution in [-0.2, 0) is 4.79 Å². The van der Waals surface area contributed by atoms with Crippen molar-refractivity contribution in [2.45, 2.75) is 32.8 Å². The molecule has 168 valence electrons. The van der Waals surface area contributed by atoms with E-state index < -0.39 is 11.8 Å². The van der Waals surface area contributed by atoms with Crippen molar-refractivity contribution in [3.8, 4) is 29.0 Å². The molecule has 2 heterocycles. The van der Waals surface area contributed by atoms with Crippen LogP contribution in [0, 0.1) is 25.6 Å². The third-order valence-electron chi connectivity index (χ3n) is 5.57. The van der Waals surface area contributed by atoms with E-state index in [1.807, 2.05) is 26.0 Å². The minimum absolute atomic E-state index is 0.0204. The summed E-state index contributed by atoms with van der Waals surface area (Å²) in [5.74, 6) is -0.138. The van der Waals surface area contributed by atoms with Gasteiger partial charge in [0, 0.05) is 11.6 Å². The van der Waals surface area contributed by atoms with Gasteiger partial charge in [0.2, 0.25) is 5.89 Å². The number of aryl methyl sites for hydroxylation is 2. The molecule has 2 aromatic heterocycles. The summed E-state index contributed by atoms with van der Waals surface area (Å²) in [6.45, 7) is 3.85. The number of oxazole rings is 1. The van der Waals surface area contributed by atoms with Crippen LogP contribution < -0.4 is 9.47 Å². The molecule has 8 nitrogen and oxygen atoms in total. The number of aliphatic carboxylic acids is 1. The minimum Gasteiger partial charge on any atom is -0.490 e. The highest BCUT2D eigenvalue weighted by Crippen LogP contribution is 2.36. The first kappa shape index (κ1) is 20.9. The number of carboxylic acids is 1. The molecule has 1 N–H and O–H groups in total. The van der Waals surface area contributed by atoms with Crippen molar-refractivity contribution < 1.29 is 28.2 Å². The van der Waals surface area contributed by atoms with E-state index in [-0.39, 0.29) is 29.5 Å². The summed E-state index contributed by atoms with van der Waals surface area (Å²) in [7, 11) is 0. The second kappa shape index (κ2) is 8.16. The first-order valence-electron chi connectivity index (χ1n) is 10.4. The van der Waals surface area contributed by atoms with E-state index in [2.05, 4.69) is 15.0 Å². The number of hydrogen-bond donors (Lipinski definition) is 1. The van der Waals surface area contributed by atoms with Gasteiger partial charge in [-0.2, -0.15) is 4.98 Å². The number of aromatic nitrogens is 3. The zero-order valence-electron chi connectivity index (χ0n) is 17.9. The Morgan fingerprint density at radius 1 is 1.15 bits per heavy atom. The summed E-state index contributed by atoms with van der Waals surface area (Å²) in [5.41, 5.74) is 3.25. The van der Waals surface area contributed by atoms with Crippen LogP contribution in [-0.4, -0.2) is 32.1 Å². The molecule has 9 heteroatoms. The molecule has 0 radical (unpaired) electrons. The van der Waals surface area contributed by atoms with E-state index >= 15 is 0 Å². The Hall–Kier alpha value is -4.01. The maximum atomic E-state index is 13.4. The molecule has 2 aromatic carbocycles. The van der Waals surface area contributed by atoms with Gasteiger partial charge in [-0.1, -0.05) is 6.07 Å². The summed E-state index contributed by atoms with van der Waals surface area (Å²) in [6, 6.07) is 9.51. The molecule has 0 bridgehead atoms. The van der Waals surface area contributed by atoms with Gasteiger partial charge in [-0.3, -0.25) is 4.79 Å². The molecule has 33 heavy (non-hydrogen) atoms. The fourth-order valence-electron chi connectivity index (χ4n) is 3.82. The zero-order valence-corrected chi connectivity index (χ0v) is 17.9. The molecule has 1 aliphatic carbocycles. The van der Waals surface area contributed by atoms with Crippen molar-refractivity contribution in [2.24, 2.45) is 5.92 Å². The molecular formula is C24H20FN3O5. The quantitative estimate of drug-likeness (QED) is 0.434. The van der Waals surface area contributed by atoms with Gasteiger partial charge in [-0.25, -0.2) is 14.4 Å². The number of benzene rings is 2. The Labute approximate surface area is 188 Å². The molecule has 0 atom stereocenters. The number of hydrogen-bond acceptors (Lipinski definition) is 7. The van der Waals surface area contributed by atoms with Crippen molar-refractivity contribution >= 4 is 17.2 Å². The standard InChI is InChI=1S/C24H20FN3O5/c1-12-6-14(7-13(2)20(12)31-18-8-15(9-18)23(29)30)21-27-19-11-26-24(28-22(19)33-21)32-17-5-3-4-16(25)10-17/h3-7,10-11,15,18H,8-9H2,1-2H3,(H,29,30). The van der Waals surface area contributed by atoms with Crippen LogP contribution in [0.5, 0.6) is 17.5 Å². The molecule has 1 saturated carbocycles. The van der Waals surface area contributed by atoms with E-state index in [9.17, 15) is 9.18 Å². The summed E-state index contributed by atoms with van der Waals surface area (Å²) in [5, 5.41) is 9.05. The third kappa shape index (κ3) is 4.21. The Morgan fingerprint density at radius 3 is 2.61 bits per heavy atom. The number of rotatable bonds is 6. The summed E-state index contributed by atoms with van der Waals surface area (Å²) in [4.78, 5) is 23.8. The van der Waals surface area contributed by atoms with Crippen molar-refractivity contribution in [3.63, 3.8) is 0 Å². The summed E-state index contributed by atoms with van der Waals surface area (Å²) >= 11 is 0. The minimum atomic E-state index is -0.776. The Kier molecular flexibility index (Phi) is 5.16. The average molecular weight is 449 g/mol. The monoisotopic (exact) mass is 449 g/mol. The smallest absolute Gasteiger partial charge is 0.325 e. The molecule has 0 amide bonds. The zero-order chi connectivity index (χ0) is 23.1. The van der Waals surface area contributed by atoms with Crippen molar-refractivity contribution in [1.82, 2.24) is 15.0 Å². The van der Waals surface area contributed by atoms with Gasteiger partial charge < -0.3 is 19.0 Å². The van der Waals surface area contributed by atoms with E-state index in [0.717, 1.165) is 22.4 Å². The maximum Gasteiger partial charge on any atom is 0.325 e. The van der Waals surface area contributed by atoms with Crippen molar-refractivity contribution in [1.29, 1.82) is 0 Å². The lowest BCUT2D eigenvalue weighted by atomic mass is 9.82. The first-order chi connectivity index (χ1) is 15.9. The van der Waals surface area contributed by atoms with Gasteiger partial charge in [-0.15, -0.1) is 0 Å². The predicted molar refractivity (Wildman–Crippen MR) is 116 cm³/mol. The van der Waals surface area contributed by atoms with Crippen LogP contribution in [0.25, 0.3) is 22.7 Å². The Bertz CT molecular complexity index is 1340. The highest BCUT2D eigenvalue weighted by Gasteiger charge is 2.36. The lowest BCUT2D eigenvalue weighted by Crippen LogP contribution is -2.38. The number of nitrogens with zero attached hydrogens (tertiary/aromatic N) is 3. The van der Waals surface area contributed by atoms with Gasteiger partial charge in [0.25, 0.3) is 5.71 Å². The van der Waals surface area contributed by atoms with E-state index in [4.69, 9.17) is 19.0 Å². The summed E-state index contributed by atoms with van der Waals surface area (Å²) in [6.07, 6.45) is 2.42. The second-order valence-corrected chi connectivity index (χ2v) is 8.11. The second-order valence-electron chi connectivity index (χ2n) is 8.11. The topological polar surface area (TPSA) is 108 Å². The first-order valence-corrected chi connectivity index (χ1v) is 10.4. The lowest BCUT2D eigenvalue weighted by Gasteiger charge is -2.33. The fraction of sp³-hybridized carbons (Fsp3) is 0.250. The van der Waals surface area contributed by atoms with Crippen LogP contribution in [0.15, 0.2) is 47.0 Å². The molecule has 1 fully saturated rings. The molecular weight excluding hydrogens is 429 g/mol. The van der Waals surface area contributed by atoms with Gasteiger partial charge in [0.1, 0.15) is 28.9 Å². The largest absolute Gasteiger partial charge is 0.490 e. The lowest BCUT2D eigenvalue weighted by molar-refractivity contribution is -0.147. The van der Waals surface area contributed by atoms with Gasteiger partial charge in [0.05, 0.1) is 12.1 Å². The number of halogens is 1. The van der Waals surface area contributed by atoms with E-state index in [1.54, 1.807) is 6.07 Å². The van der Waals surface area contributed by atoms with E-state index in [1.165, 1.54) is 24.4 Å². The predicted octanol–water partition coefficient (Wildman–Crippen LogP) is 5.08.